The van der Waals surface area contributed by atoms with Crippen molar-refractivity contribution < 1.29 is 14.3 Å². The van der Waals surface area contributed by atoms with Crippen LogP contribution >= 0.6 is 45.5 Å². The van der Waals surface area contributed by atoms with E-state index in [9.17, 15) is 9.59 Å². The number of thiazole rings is 1. The van der Waals surface area contributed by atoms with Gasteiger partial charge in [0.25, 0.3) is 5.56 Å². The molecule has 33 heavy (non-hydrogen) atoms. The van der Waals surface area contributed by atoms with Gasteiger partial charge in [-0.05, 0) is 77.9 Å². The van der Waals surface area contributed by atoms with Crippen molar-refractivity contribution in [3.8, 4) is 5.75 Å². The van der Waals surface area contributed by atoms with E-state index in [0.29, 0.717) is 25.6 Å². The zero-order valence-corrected chi connectivity index (χ0v) is 21.8. The van der Waals surface area contributed by atoms with Gasteiger partial charge in [-0.3, -0.25) is 9.36 Å². The molecule has 3 aromatic rings. The van der Waals surface area contributed by atoms with E-state index in [0.717, 1.165) is 20.4 Å². The zero-order valence-electron chi connectivity index (χ0n) is 18.1. The van der Waals surface area contributed by atoms with Gasteiger partial charge in [0.05, 0.1) is 39.1 Å². The van der Waals surface area contributed by atoms with Crippen molar-refractivity contribution >= 4 is 57.6 Å². The standard InChI is InChI=1S/C24H20ClIN2O4S/c1-4-32-23(30)20-13(2)27-24-28(21(20)15-6-8-16(25)9-7-15)22(29)19(33-24)12-14-5-10-18(31-3)17(26)11-14/h5-12,21H,4H2,1-3H3/t21-/m0/s1. The highest BCUT2D eigenvalue weighted by Crippen LogP contribution is 2.31. The number of benzene rings is 2. The van der Waals surface area contributed by atoms with E-state index in [4.69, 9.17) is 21.1 Å². The summed E-state index contributed by atoms with van der Waals surface area (Å²) in [4.78, 5) is 31.6. The number of aromatic nitrogens is 1. The van der Waals surface area contributed by atoms with Gasteiger partial charge in [0, 0.05) is 5.02 Å². The van der Waals surface area contributed by atoms with Crippen LogP contribution in [0.15, 0.2) is 63.5 Å². The highest BCUT2D eigenvalue weighted by molar-refractivity contribution is 14.1. The number of allylic oxidation sites excluding steroid dienone is 1. The van der Waals surface area contributed by atoms with Crippen molar-refractivity contribution in [2.24, 2.45) is 4.99 Å². The summed E-state index contributed by atoms with van der Waals surface area (Å²) in [6.45, 7) is 3.73. The number of hydrogen-bond acceptors (Lipinski definition) is 6. The highest BCUT2D eigenvalue weighted by Gasteiger charge is 2.33. The lowest BCUT2D eigenvalue weighted by Crippen LogP contribution is -2.39. The summed E-state index contributed by atoms with van der Waals surface area (Å²) in [6, 6.07) is 12.2. The second-order valence-corrected chi connectivity index (χ2v) is 9.86. The first kappa shape index (κ1) is 23.7. The Kier molecular flexibility index (Phi) is 7.06. The number of methoxy groups -OCH3 is 1. The number of rotatable bonds is 5. The van der Waals surface area contributed by atoms with Gasteiger partial charge in [-0.25, -0.2) is 9.79 Å². The molecule has 0 aliphatic carbocycles. The summed E-state index contributed by atoms with van der Waals surface area (Å²) < 4.78 is 13.6. The molecule has 4 rings (SSSR count). The molecule has 0 radical (unpaired) electrons. The van der Waals surface area contributed by atoms with E-state index in [1.165, 1.54) is 11.3 Å². The van der Waals surface area contributed by atoms with E-state index < -0.39 is 12.0 Å². The quantitative estimate of drug-likeness (QED) is 0.330. The first-order valence-corrected chi connectivity index (χ1v) is 12.4. The Morgan fingerprint density at radius 1 is 1.27 bits per heavy atom. The van der Waals surface area contributed by atoms with E-state index in [1.807, 2.05) is 36.4 Å². The lowest BCUT2D eigenvalue weighted by Gasteiger charge is -2.24. The maximum atomic E-state index is 13.6. The molecular weight excluding hydrogens is 575 g/mol. The minimum Gasteiger partial charge on any atom is -0.496 e. The molecule has 0 fully saturated rings. The Hall–Kier alpha value is -2.43. The third kappa shape index (κ3) is 4.64. The van der Waals surface area contributed by atoms with Crippen LogP contribution in [0.1, 0.15) is 31.0 Å². The van der Waals surface area contributed by atoms with Crippen LogP contribution in [0.5, 0.6) is 5.75 Å². The molecule has 2 heterocycles. The fourth-order valence-corrected chi connectivity index (χ4v) is 5.61. The van der Waals surface area contributed by atoms with E-state index in [2.05, 4.69) is 27.6 Å². The van der Waals surface area contributed by atoms with Crippen LogP contribution in [-0.4, -0.2) is 24.3 Å². The highest BCUT2D eigenvalue weighted by atomic mass is 127. The molecule has 0 N–H and O–H groups in total. The Morgan fingerprint density at radius 2 is 2.00 bits per heavy atom. The Morgan fingerprint density at radius 3 is 2.64 bits per heavy atom. The largest absolute Gasteiger partial charge is 0.496 e. The molecule has 0 amide bonds. The molecule has 2 aromatic carbocycles. The maximum absolute atomic E-state index is 13.6. The van der Waals surface area contributed by atoms with Crippen LogP contribution in [0, 0.1) is 3.57 Å². The molecular formula is C24H20ClIN2O4S. The predicted octanol–water partition coefficient (Wildman–Crippen LogP) is 4.06. The van der Waals surface area contributed by atoms with Crippen molar-refractivity contribution in [2.45, 2.75) is 19.9 Å². The molecule has 9 heteroatoms. The lowest BCUT2D eigenvalue weighted by atomic mass is 9.96. The van der Waals surface area contributed by atoms with Gasteiger partial charge in [0.1, 0.15) is 5.75 Å². The predicted molar refractivity (Wildman–Crippen MR) is 138 cm³/mol. The Balaban J connectivity index is 1.93. The average Bonchev–Trinajstić information content (AvgIpc) is 3.08. The molecule has 1 atom stereocenters. The number of halogens is 2. The van der Waals surface area contributed by atoms with E-state index >= 15 is 0 Å². The van der Waals surface area contributed by atoms with Gasteiger partial charge in [-0.2, -0.15) is 0 Å². The zero-order chi connectivity index (χ0) is 23.7. The molecule has 0 unspecified atom stereocenters. The molecule has 0 saturated heterocycles. The summed E-state index contributed by atoms with van der Waals surface area (Å²) in [7, 11) is 1.62. The molecule has 0 spiro atoms. The van der Waals surface area contributed by atoms with E-state index in [1.54, 1.807) is 37.7 Å². The fourth-order valence-electron chi connectivity index (χ4n) is 3.68. The van der Waals surface area contributed by atoms with Crippen molar-refractivity contribution in [2.75, 3.05) is 13.7 Å². The normalized spacial score (nSPS) is 15.8. The van der Waals surface area contributed by atoms with E-state index in [-0.39, 0.29) is 12.2 Å². The number of hydrogen-bond donors (Lipinski definition) is 0. The second kappa shape index (κ2) is 9.82. The molecule has 170 valence electrons. The molecule has 1 aliphatic rings. The number of nitrogens with zero attached hydrogens (tertiary/aromatic N) is 2. The number of carbonyl (C=O) groups excluding carboxylic acids is 1. The summed E-state index contributed by atoms with van der Waals surface area (Å²) in [5.41, 5.74) is 2.27. The van der Waals surface area contributed by atoms with Crippen molar-refractivity contribution in [3.63, 3.8) is 0 Å². The van der Waals surface area contributed by atoms with Crippen LogP contribution in [0.2, 0.25) is 5.02 Å². The summed E-state index contributed by atoms with van der Waals surface area (Å²) in [5, 5.41) is 0.568. The summed E-state index contributed by atoms with van der Waals surface area (Å²) in [6.07, 6.45) is 1.83. The lowest BCUT2D eigenvalue weighted by molar-refractivity contribution is -0.139. The van der Waals surface area contributed by atoms with Crippen LogP contribution in [0.4, 0.5) is 0 Å². The number of carbonyl (C=O) groups is 1. The van der Waals surface area contributed by atoms with Gasteiger partial charge in [0.2, 0.25) is 0 Å². The van der Waals surface area contributed by atoms with Crippen molar-refractivity contribution in [3.05, 3.63) is 93.1 Å². The minimum absolute atomic E-state index is 0.223. The summed E-state index contributed by atoms with van der Waals surface area (Å²) in [5.74, 6) is 0.282. The molecule has 6 nitrogen and oxygen atoms in total. The first-order chi connectivity index (χ1) is 15.8. The van der Waals surface area contributed by atoms with Crippen LogP contribution < -0.4 is 19.6 Å². The SMILES string of the molecule is CCOC(=O)C1=C(C)N=c2sc(=Cc3ccc(OC)c(I)c3)c(=O)n2[C@H]1c1ccc(Cl)cc1. The topological polar surface area (TPSA) is 69.9 Å². The number of ether oxygens (including phenoxy) is 2. The van der Waals surface area contributed by atoms with Gasteiger partial charge in [0.15, 0.2) is 4.80 Å². The van der Waals surface area contributed by atoms with Gasteiger partial charge in [-0.1, -0.05) is 41.1 Å². The third-order valence-electron chi connectivity index (χ3n) is 5.18. The molecule has 0 bridgehead atoms. The second-order valence-electron chi connectivity index (χ2n) is 7.25. The molecule has 1 aromatic heterocycles. The number of fused-ring (bicyclic) bond motifs is 1. The third-order valence-corrected chi connectivity index (χ3v) is 7.25. The minimum atomic E-state index is -0.657. The van der Waals surface area contributed by atoms with Crippen LogP contribution in [-0.2, 0) is 9.53 Å². The Labute approximate surface area is 213 Å². The smallest absolute Gasteiger partial charge is 0.338 e. The van der Waals surface area contributed by atoms with Gasteiger partial charge >= 0.3 is 5.97 Å². The molecule has 1 aliphatic heterocycles. The average molecular weight is 595 g/mol. The van der Waals surface area contributed by atoms with Crippen LogP contribution in [0.25, 0.3) is 6.08 Å². The number of esters is 1. The van der Waals surface area contributed by atoms with Gasteiger partial charge < -0.3 is 9.47 Å². The molecule has 0 saturated carbocycles. The summed E-state index contributed by atoms with van der Waals surface area (Å²) >= 11 is 9.57. The van der Waals surface area contributed by atoms with Crippen molar-refractivity contribution in [1.29, 1.82) is 0 Å². The maximum Gasteiger partial charge on any atom is 0.338 e. The Bertz CT molecular complexity index is 1440. The van der Waals surface area contributed by atoms with Gasteiger partial charge in [-0.15, -0.1) is 0 Å². The monoisotopic (exact) mass is 594 g/mol. The fraction of sp³-hybridized carbons (Fsp3) is 0.208. The van der Waals surface area contributed by atoms with Crippen molar-refractivity contribution in [1.82, 2.24) is 4.57 Å². The van der Waals surface area contributed by atoms with Crippen LogP contribution in [0.3, 0.4) is 0 Å². The first-order valence-electron chi connectivity index (χ1n) is 10.1.